The summed E-state index contributed by atoms with van der Waals surface area (Å²) in [4.78, 5) is 24.7. The monoisotopic (exact) mass is 380 g/mol. The summed E-state index contributed by atoms with van der Waals surface area (Å²) in [7, 11) is 0. The van der Waals surface area contributed by atoms with Crippen molar-refractivity contribution < 1.29 is 14.3 Å². The van der Waals surface area contributed by atoms with Gasteiger partial charge < -0.3 is 15.4 Å². The molecule has 2 N–H and O–H groups in total. The van der Waals surface area contributed by atoms with Gasteiger partial charge >= 0.3 is 0 Å². The lowest BCUT2D eigenvalue weighted by Gasteiger charge is -2.26. The first-order valence-corrected chi connectivity index (χ1v) is 9.97. The molecule has 2 aromatic rings. The van der Waals surface area contributed by atoms with Gasteiger partial charge in [-0.15, -0.1) is 0 Å². The second-order valence-electron chi connectivity index (χ2n) is 7.33. The lowest BCUT2D eigenvalue weighted by Crippen LogP contribution is -2.38. The number of unbranched alkanes of at least 4 members (excludes halogenated alkanes) is 1. The number of anilines is 1. The zero-order valence-corrected chi connectivity index (χ0v) is 16.5. The molecule has 0 saturated carbocycles. The fourth-order valence-corrected chi connectivity index (χ4v) is 3.36. The lowest BCUT2D eigenvalue weighted by molar-refractivity contribution is -0.127. The Kier molecular flexibility index (Phi) is 6.69. The molecule has 0 bridgehead atoms. The number of ether oxygens (including phenoxy) is 1. The highest BCUT2D eigenvalue weighted by Crippen LogP contribution is 2.30. The van der Waals surface area contributed by atoms with Crippen molar-refractivity contribution in [2.45, 2.75) is 45.6 Å². The summed E-state index contributed by atoms with van der Waals surface area (Å²) in [6.07, 6.45) is 2.99. The normalized spacial score (nSPS) is 16.4. The Hall–Kier alpha value is -2.82. The van der Waals surface area contributed by atoms with Crippen LogP contribution in [0.3, 0.4) is 0 Å². The van der Waals surface area contributed by atoms with E-state index in [1.807, 2.05) is 55.5 Å². The van der Waals surface area contributed by atoms with Crippen LogP contribution < -0.4 is 15.4 Å². The highest BCUT2D eigenvalue weighted by atomic mass is 16.5. The van der Waals surface area contributed by atoms with Gasteiger partial charge in [0.2, 0.25) is 11.8 Å². The molecular weight excluding hydrogens is 352 g/mol. The molecule has 3 rings (SSSR count). The smallest absolute Gasteiger partial charge is 0.227 e. The second-order valence-corrected chi connectivity index (χ2v) is 7.33. The highest BCUT2D eigenvalue weighted by Gasteiger charge is 2.27. The van der Waals surface area contributed by atoms with E-state index in [2.05, 4.69) is 17.6 Å². The number of rotatable bonds is 7. The molecule has 5 heteroatoms. The van der Waals surface area contributed by atoms with Crippen molar-refractivity contribution in [1.29, 1.82) is 0 Å². The number of hydrogen-bond acceptors (Lipinski definition) is 3. The van der Waals surface area contributed by atoms with Crippen LogP contribution in [0, 0.1) is 5.92 Å². The Morgan fingerprint density at radius 3 is 2.71 bits per heavy atom. The molecule has 1 heterocycles. The third kappa shape index (κ3) is 5.12. The molecule has 0 unspecified atom stereocenters. The van der Waals surface area contributed by atoms with E-state index in [9.17, 15) is 9.59 Å². The van der Waals surface area contributed by atoms with Gasteiger partial charge in [0.1, 0.15) is 12.4 Å². The van der Waals surface area contributed by atoms with E-state index in [1.54, 1.807) is 0 Å². The first-order valence-electron chi connectivity index (χ1n) is 9.97. The first kappa shape index (κ1) is 19.9. The van der Waals surface area contributed by atoms with Crippen molar-refractivity contribution in [2.24, 2.45) is 5.92 Å². The number of hydrogen-bond donors (Lipinski definition) is 2. The van der Waals surface area contributed by atoms with Crippen LogP contribution in [0.2, 0.25) is 0 Å². The van der Waals surface area contributed by atoms with Crippen LogP contribution in [0.15, 0.2) is 48.5 Å². The molecule has 0 radical (unpaired) electrons. The molecule has 0 saturated heterocycles. The van der Waals surface area contributed by atoms with E-state index < -0.39 is 0 Å². The van der Waals surface area contributed by atoms with Crippen molar-refractivity contribution in [3.8, 4) is 5.75 Å². The number of benzene rings is 2. The van der Waals surface area contributed by atoms with Crippen LogP contribution in [0.4, 0.5) is 5.69 Å². The fraction of sp³-hybridized carbons (Fsp3) is 0.391. The van der Waals surface area contributed by atoms with Gasteiger partial charge in [-0.1, -0.05) is 43.7 Å². The van der Waals surface area contributed by atoms with E-state index in [0.717, 1.165) is 35.4 Å². The summed E-state index contributed by atoms with van der Waals surface area (Å²) in [5, 5.41) is 6.01. The van der Waals surface area contributed by atoms with Gasteiger partial charge in [-0.25, -0.2) is 0 Å². The minimum Gasteiger partial charge on any atom is -0.492 e. The maximum Gasteiger partial charge on any atom is 0.227 e. The number of amides is 2. The van der Waals surface area contributed by atoms with Gasteiger partial charge in [-0.2, -0.15) is 0 Å². The summed E-state index contributed by atoms with van der Waals surface area (Å²) in [6.45, 7) is 4.41. The summed E-state index contributed by atoms with van der Waals surface area (Å²) in [5.41, 5.74) is 2.78. The molecule has 148 valence electrons. The minimum absolute atomic E-state index is 0.0145. The predicted molar refractivity (Wildman–Crippen MR) is 110 cm³/mol. The van der Waals surface area contributed by atoms with Crippen LogP contribution in [0.5, 0.6) is 5.75 Å². The molecular formula is C23H28N2O3. The molecule has 1 aliphatic heterocycles. The molecule has 5 nitrogen and oxygen atoms in total. The number of carbonyl (C=O) groups excluding carboxylic acids is 2. The molecule has 2 amide bonds. The van der Waals surface area contributed by atoms with Crippen LogP contribution in [-0.2, 0) is 16.0 Å². The summed E-state index contributed by atoms with van der Waals surface area (Å²) in [5.74, 6) is 0.542. The Bertz CT molecular complexity index is 820. The third-order valence-corrected chi connectivity index (χ3v) is 5.04. The van der Waals surface area contributed by atoms with Gasteiger partial charge in [-0.3, -0.25) is 9.59 Å². The Labute approximate surface area is 166 Å². The Morgan fingerprint density at radius 1 is 1.18 bits per heavy atom. The molecule has 1 aliphatic rings. The van der Waals surface area contributed by atoms with Crippen LogP contribution in [-0.4, -0.2) is 18.4 Å². The lowest BCUT2D eigenvalue weighted by atomic mass is 9.95. The molecule has 2 aromatic carbocycles. The third-order valence-electron chi connectivity index (χ3n) is 5.04. The maximum absolute atomic E-state index is 12.7. The van der Waals surface area contributed by atoms with E-state index >= 15 is 0 Å². The van der Waals surface area contributed by atoms with Crippen molar-refractivity contribution in [2.75, 3.05) is 11.9 Å². The van der Waals surface area contributed by atoms with E-state index in [-0.39, 0.29) is 23.8 Å². The Morgan fingerprint density at radius 2 is 1.96 bits per heavy atom. The minimum atomic E-state index is -0.246. The quantitative estimate of drug-likeness (QED) is 0.755. The Balaban J connectivity index is 1.61. The van der Waals surface area contributed by atoms with E-state index in [4.69, 9.17) is 4.74 Å². The first-order chi connectivity index (χ1) is 13.6. The zero-order chi connectivity index (χ0) is 19.9. The van der Waals surface area contributed by atoms with Gasteiger partial charge in [0, 0.05) is 12.1 Å². The molecule has 0 spiro atoms. The van der Waals surface area contributed by atoms with Gasteiger partial charge in [0.05, 0.1) is 12.0 Å². The van der Waals surface area contributed by atoms with Gasteiger partial charge in [-0.05, 0) is 49.1 Å². The second kappa shape index (κ2) is 9.40. The molecule has 0 fully saturated rings. The number of nitrogens with one attached hydrogen (secondary N) is 2. The topological polar surface area (TPSA) is 67.4 Å². The summed E-state index contributed by atoms with van der Waals surface area (Å²) in [6, 6.07) is 15.5. The summed E-state index contributed by atoms with van der Waals surface area (Å²) >= 11 is 0. The standard InChI is InChI=1S/C23H28N2O3/c1-3-4-10-22(26)25-20-11-12-21-18(14-20)13-19(15-28-21)23(27)24-16(2)17-8-6-5-7-9-17/h5-9,11-12,14,16,19H,3-4,10,13,15H2,1-2H3,(H,24,27)(H,25,26)/t16-,19-/m0/s1. The average Bonchev–Trinajstić information content (AvgIpc) is 2.72. The van der Waals surface area contributed by atoms with Crippen LogP contribution in [0.1, 0.15) is 50.3 Å². The van der Waals surface area contributed by atoms with Crippen molar-refractivity contribution in [3.63, 3.8) is 0 Å². The number of fused-ring (bicyclic) bond motifs is 1. The van der Waals surface area contributed by atoms with Crippen LogP contribution >= 0.6 is 0 Å². The number of carbonyl (C=O) groups is 2. The zero-order valence-electron chi connectivity index (χ0n) is 16.5. The predicted octanol–water partition coefficient (Wildman–Crippen LogP) is 4.24. The molecule has 0 aliphatic carbocycles. The van der Waals surface area contributed by atoms with Crippen molar-refractivity contribution in [3.05, 3.63) is 59.7 Å². The largest absolute Gasteiger partial charge is 0.492 e. The van der Waals surface area contributed by atoms with Gasteiger partial charge in [0.25, 0.3) is 0 Å². The molecule has 2 atom stereocenters. The maximum atomic E-state index is 12.7. The fourth-order valence-electron chi connectivity index (χ4n) is 3.36. The molecule has 0 aromatic heterocycles. The van der Waals surface area contributed by atoms with Gasteiger partial charge in [0.15, 0.2) is 0 Å². The average molecular weight is 380 g/mol. The van der Waals surface area contributed by atoms with Crippen molar-refractivity contribution >= 4 is 17.5 Å². The highest BCUT2D eigenvalue weighted by molar-refractivity contribution is 5.91. The summed E-state index contributed by atoms with van der Waals surface area (Å²) < 4.78 is 5.80. The van der Waals surface area contributed by atoms with E-state index in [1.165, 1.54) is 0 Å². The van der Waals surface area contributed by atoms with E-state index in [0.29, 0.717) is 19.4 Å². The van der Waals surface area contributed by atoms with Crippen LogP contribution in [0.25, 0.3) is 0 Å². The van der Waals surface area contributed by atoms with Crippen molar-refractivity contribution in [1.82, 2.24) is 5.32 Å². The molecule has 28 heavy (non-hydrogen) atoms. The SMILES string of the molecule is CCCCC(=O)Nc1ccc2c(c1)C[C@H](C(=O)N[C@@H](C)c1ccccc1)CO2.